The zero-order valence-electron chi connectivity index (χ0n) is 15.4. The second-order valence-electron chi connectivity index (χ2n) is 6.48. The van der Waals surface area contributed by atoms with E-state index in [2.05, 4.69) is 10.3 Å². The van der Waals surface area contributed by atoms with E-state index >= 15 is 0 Å². The Labute approximate surface area is 145 Å². The molecule has 0 saturated carbocycles. The third-order valence-electron chi connectivity index (χ3n) is 3.42. The molecule has 0 heterocycles. The van der Waals surface area contributed by atoms with Gasteiger partial charge in [0.2, 0.25) is 0 Å². The summed E-state index contributed by atoms with van der Waals surface area (Å²) in [6.45, 7) is 11.5. The molecule has 134 valence electrons. The summed E-state index contributed by atoms with van der Waals surface area (Å²) in [7, 11) is 0. The molecule has 0 spiro atoms. The summed E-state index contributed by atoms with van der Waals surface area (Å²) in [5, 5.41) is 2.88. The normalized spacial score (nSPS) is 13.3. The topological polar surface area (TPSA) is 80.0 Å². The lowest BCUT2D eigenvalue weighted by Crippen LogP contribution is -2.39. The Hall–Kier alpha value is -2.24. The molecule has 6 nitrogen and oxygen atoms in total. The zero-order valence-corrected chi connectivity index (χ0v) is 15.4. The third kappa shape index (κ3) is 6.89. The van der Waals surface area contributed by atoms with Gasteiger partial charge in [-0.2, -0.15) is 0 Å². The van der Waals surface area contributed by atoms with Crippen molar-refractivity contribution in [2.45, 2.75) is 46.3 Å². The largest absolute Gasteiger partial charge is 0.444 e. The minimum absolute atomic E-state index is 0.296. The summed E-state index contributed by atoms with van der Waals surface area (Å²) in [6, 6.07) is 9.39. The van der Waals surface area contributed by atoms with Gasteiger partial charge in [0.25, 0.3) is 0 Å². The fraction of sp³-hybridized carbons (Fsp3) is 0.556. The number of carbonyl (C=O) groups excluding carboxylic acids is 1. The number of carbonyl (C=O) groups is 1. The van der Waals surface area contributed by atoms with E-state index in [0.29, 0.717) is 12.5 Å². The number of alkyl carbamates (subject to hydrolysis) is 1. The van der Waals surface area contributed by atoms with Crippen LogP contribution in [-0.4, -0.2) is 42.2 Å². The van der Waals surface area contributed by atoms with Crippen LogP contribution in [0.2, 0.25) is 0 Å². The Bertz CT molecular complexity index is 534. The van der Waals surface area contributed by atoms with Crippen LogP contribution in [0, 0.1) is 0 Å². The van der Waals surface area contributed by atoms with Gasteiger partial charge in [-0.3, -0.25) is 4.99 Å². The van der Waals surface area contributed by atoms with Gasteiger partial charge in [-0.1, -0.05) is 30.3 Å². The van der Waals surface area contributed by atoms with E-state index in [0.717, 1.165) is 18.7 Å². The Morgan fingerprint density at radius 3 is 2.33 bits per heavy atom. The number of rotatable bonds is 6. The minimum Gasteiger partial charge on any atom is -0.444 e. The van der Waals surface area contributed by atoms with Gasteiger partial charge < -0.3 is 20.7 Å². The summed E-state index contributed by atoms with van der Waals surface area (Å²) in [6.07, 6.45) is -0.465. The quantitative estimate of drug-likeness (QED) is 0.619. The fourth-order valence-electron chi connectivity index (χ4n) is 2.20. The molecule has 0 aliphatic rings. The zero-order chi connectivity index (χ0) is 18.2. The molecule has 1 unspecified atom stereocenters. The van der Waals surface area contributed by atoms with E-state index in [-0.39, 0.29) is 6.04 Å². The highest BCUT2D eigenvalue weighted by atomic mass is 16.6. The van der Waals surface area contributed by atoms with Gasteiger partial charge in [-0.05, 0) is 40.2 Å². The van der Waals surface area contributed by atoms with Gasteiger partial charge in [-0.15, -0.1) is 0 Å². The Balaban J connectivity index is 2.87. The summed E-state index contributed by atoms with van der Waals surface area (Å²) >= 11 is 0. The summed E-state index contributed by atoms with van der Waals surface area (Å²) in [5.74, 6) is 0.479. The van der Waals surface area contributed by atoms with E-state index in [9.17, 15) is 4.79 Å². The number of aliphatic imine (C=N–C) groups is 1. The van der Waals surface area contributed by atoms with Crippen LogP contribution in [0.25, 0.3) is 0 Å². The van der Waals surface area contributed by atoms with Crippen molar-refractivity contribution in [3.8, 4) is 0 Å². The maximum Gasteiger partial charge on any atom is 0.408 e. The van der Waals surface area contributed by atoms with Crippen LogP contribution in [-0.2, 0) is 4.74 Å². The van der Waals surface area contributed by atoms with Crippen LogP contribution < -0.4 is 11.1 Å². The molecule has 0 aliphatic heterocycles. The van der Waals surface area contributed by atoms with Gasteiger partial charge in [0.1, 0.15) is 5.60 Å². The highest BCUT2D eigenvalue weighted by Gasteiger charge is 2.20. The first kappa shape index (κ1) is 19.8. The molecule has 0 saturated heterocycles. The maximum atomic E-state index is 12.1. The van der Waals surface area contributed by atoms with Crippen LogP contribution in [0.1, 0.15) is 46.2 Å². The number of nitrogens with zero attached hydrogens (tertiary/aromatic N) is 2. The molecule has 1 rings (SSSR count). The average Bonchev–Trinajstić information content (AvgIpc) is 2.51. The molecule has 1 amide bonds. The molecular formula is C18H30N4O2. The number of benzene rings is 1. The number of nitrogens with two attached hydrogens (primary N) is 1. The van der Waals surface area contributed by atoms with Crippen LogP contribution in [0.4, 0.5) is 4.79 Å². The van der Waals surface area contributed by atoms with E-state index in [1.807, 2.05) is 69.9 Å². The maximum absolute atomic E-state index is 12.1. The lowest BCUT2D eigenvalue weighted by Gasteiger charge is -2.24. The van der Waals surface area contributed by atoms with Crippen molar-refractivity contribution in [2.24, 2.45) is 10.7 Å². The predicted octanol–water partition coefficient (Wildman–Crippen LogP) is 2.91. The van der Waals surface area contributed by atoms with Gasteiger partial charge in [0, 0.05) is 13.1 Å². The molecule has 1 aromatic carbocycles. The van der Waals surface area contributed by atoms with Crippen molar-refractivity contribution in [3.05, 3.63) is 35.9 Å². The minimum atomic E-state index is -0.547. The summed E-state index contributed by atoms with van der Waals surface area (Å²) in [4.78, 5) is 18.5. The van der Waals surface area contributed by atoms with Crippen LogP contribution >= 0.6 is 0 Å². The Morgan fingerprint density at radius 2 is 1.83 bits per heavy atom. The van der Waals surface area contributed by atoms with Gasteiger partial charge in [0.05, 0.1) is 12.6 Å². The van der Waals surface area contributed by atoms with E-state index < -0.39 is 11.7 Å². The van der Waals surface area contributed by atoms with Crippen LogP contribution in [0.15, 0.2) is 35.3 Å². The molecule has 0 aromatic heterocycles. The summed E-state index contributed by atoms with van der Waals surface area (Å²) in [5.41, 5.74) is 6.44. The van der Waals surface area contributed by atoms with Crippen molar-refractivity contribution < 1.29 is 9.53 Å². The van der Waals surface area contributed by atoms with Gasteiger partial charge in [-0.25, -0.2) is 4.79 Å². The second-order valence-corrected chi connectivity index (χ2v) is 6.48. The van der Waals surface area contributed by atoms with E-state index in [4.69, 9.17) is 10.5 Å². The molecule has 1 atom stereocenters. The molecule has 0 radical (unpaired) electrons. The van der Waals surface area contributed by atoms with Crippen LogP contribution in [0.5, 0.6) is 0 Å². The van der Waals surface area contributed by atoms with Crippen molar-refractivity contribution in [1.29, 1.82) is 0 Å². The van der Waals surface area contributed by atoms with Crippen molar-refractivity contribution in [2.75, 3.05) is 19.6 Å². The van der Waals surface area contributed by atoms with Crippen molar-refractivity contribution >= 4 is 12.1 Å². The number of hydrogen-bond acceptors (Lipinski definition) is 3. The molecule has 0 fully saturated rings. The number of nitrogens with one attached hydrogen (secondary N) is 1. The van der Waals surface area contributed by atoms with Gasteiger partial charge in [0.15, 0.2) is 5.96 Å². The highest BCUT2D eigenvalue weighted by Crippen LogP contribution is 2.15. The Morgan fingerprint density at radius 1 is 1.25 bits per heavy atom. The first-order valence-electron chi connectivity index (χ1n) is 8.36. The van der Waals surface area contributed by atoms with Crippen molar-refractivity contribution in [1.82, 2.24) is 10.2 Å². The van der Waals surface area contributed by atoms with E-state index in [1.165, 1.54) is 0 Å². The van der Waals surface area contributed by atoms with Crippen LogP contribution in [0.3, 0.4) is 0 Å². The van der Waals surface area contributed by atoms with Crippen molar-refractivity contribution in [3.63, 3.8) is 0 Å². The molecule has 1 aromatic rings. The average molecular weight is 334 g/mol. The monoisotopic (exact) mass is 334 g/mol. The molecule has 6 heteroatoms. The molecule has 0 aliphatic carbocycles. The van der Waals surface area contributed by atoms with Gasteiger partial charge >= 0.3 is 6.09 Å². The summed E-state index contributed by atoms with van der Waals surface area (Å²) < 4.78 is 5.35. The fourth-order valence-corrected chi connectivity index (χ4v) is 2.20. The highest BCUT2D eigenvalue weighted by molar-refractivity contribution is 5.78. The first-order chi connectivity index (χ1) is 11.3. The smallest absolute Gasteiger partial charge is 0.408 e. The standard InChI is InChI=1S/C18H30N4O2/c1-6-22(7-2)16(19)20-13-15(14-11-9-8-10-12-14)21-17(23)24-18(3,4)5/h8-12,15H,6-7,13H2,1-5H3,(H2,19,20)(H,21,23). The molecule has 0 bridgehead atoms. The third-order valence-corrected chi connectivity index (χ3v) is 3.42. The second kappa shape index (κ2) is 9.15. The molecular weight excluding hydrogens is 304 g/mol. The number of hydrogen-bond donors (Lipinski definition) is 2. The number of guanidine groups is 1. The first-order valence-corrected chi connectivity index (χ1v) is 8.36. The molecule has 3 N–H and O–H groups in total. The molecule has 24 heavy (non-hydrogen) atoms. The SMILES string of the molecule is CCN(CC)C(N)=NCC(NC(=O)OC(C)(C)C)c1ccccc1. The lowest BCUT2D eigenvalue weighted by molar-refractivity contribution is 0.0505. The lowest BCUT2D eigenvalue weighted by atomic mass is 10.1. The number of amides is 1. The predicted molar refractivity (Wildman–Crippen MR) is 98.0 cm³/mol. The number of ether oxygens (including phenoxy) is 1. The van der Waals surface area contributed by atoms with E-state index in [1.54, 1.807) is 0 Å². The Kier molecular flexibility index (Phi) is 7.55.